The van der Waals surface area contributed by atoms with Crippen molar-refractivity contribution in [2.45, 2.75) is 26.0 Å². The van der Waals surface area contributed by atoms with Crippen LogP contribution in [-0.2, 0) is 15.7 Å². The predicted molar refractivity (Wildman–Crippen MR) is 157 cm³/mol. The van der Waals surface area contributed by atoms with E-state index >= 15 is 0 Å². The maximum Gasteiger partial charge on any atom is 0.266 e. The standard InChI is InChI=1S/C27H33N3O5S.2ClH/c1-4-16-28-25-19-21(12-15-24(25)26(31)30-36(3,33)34)20-10-13-23(14-11-20)35-18-17-29-27(2,32)22-8-6-5-7-9-22;;/h5-15,19,28-29,32H,4,16-18H2,1-3H3,(H,30,31);2*1H/t27-;;/m0../s1. The zero-order valence-corrected chi connectivity index (χ0v) is 24.0. The summed E-state index contributed by atoms with van der Waals surface area (Å²) in [5.41, 5.74) is 2.24. The number of benzene rings is 3. The second-order valence-electron chi connectivity index (χ2n) is 8.63. The van der Waals surface area contributed by atoms with E-state index in [1.807, 2.05) is 72.3 Å². The molecule has 0 spiro atoms. The van der Waals surface area contributed by atoms with Crippen molar-refractivity contribution in [3.8, 4) is 16.9 Å². The molecule has 0 aromatic heterocycles. The van der Waals surface area contributed by atoms with Gasteiger partial charge in [0.2, 0.25) is 10.0 Å². The highest BCUT2D eigenvalue weighted by molar-refractivity contribution is 7.89. The van der Waals surface area contributed by atoms with Crippen molar-refractivity contribution in [2.24, 2.45) is 0 Å². The lowest BCUT2D eigenvalue weighted by Gasteiger charge is -2.25. The van der Waals surface area contributed by atoms with Gasteiger partial charge >= 0.3 is 0 Å². The minimum Gasteiger partial charge on any atom is -0.492 e. The average Bonchev–Trinajstić information content (AvgIpc) is 2.85. The van der Waals surface area contributed by atoms with Gasteiger partial charge in [0, 0.05) is 18.8 Å². The van der Waals surface area contributed by atoms with E-state index in [-0.39, 0.29) is 30.4 Å². The Morgan fingerprint density at radius 1 is 0.947 bits per heavy atom. The summed E-state index contributed by atoms with van der Waals surface area (Å²) in [6.45, 7) is 5.17. The topological polar surface area (TPSA) is 117 Å². The molecule has 0 fully saturated rings. The van der Waals surface area contributed by atoms with Crippen LogP contribution in [-0.4, -0.2) is 45.4 Å². The van der Waals surface area contributed by atoms with Crippen LogP contribution in [0.5, 0.6) is 5.75 Å². The van der Waals surface area contributed by atoms with Gasteiger partial charge in [0.1, 0.15) is 18.1 Å². The Bertz CT molecular complexity index is 1270. The monoisotopic (exact) mass is 583 g/mol. The fraction of sp³-hybridized carbons (Fsp3) is 0.296. The number of ether oxygens (including phenoxy) is 1. The van der Waals surface area contributed by atoms with Crippen molar-refractivity contribution in [1.82, 2.24) is 10.0 Å². The molecule has 0 aliphatic heterocycles. The molecule has 0 aliphatic rings. The van der Waals surface area contributed by atoms with Gasteiger partial charge in [0.15, 0.2) is 0 Å². The van der Waals surface area contributed by atoms with E-state index < -0.39 is 21.7 Å². The number of nitrogens with one attached hydrogen (secondary N) is 3. The largest absolute Gasteiger partial charge is 0.492 e. The molecule has 0 bridgehead atoms. The van der Waals surface area contributed by atoms with E-state index in [9.17, 15) is 18.3 Å². The average molecular weight is 585 g/mol. The number of hydrogen-bond donors (Lipinski definition) is 4. The number of anilines is 1. The Labute approximate surface area is 237 Å². The first-order valence-electron chi connectivity index (χ1n) is 11.8. The van der Waals surface area contributed by atoms with Crippen LogP contribution in [0.4, 0.5) is 5.69 Å². The lowest BCUT2D eigenvalue weighted by Crippen LogP contribution is -2.41. The van der Waals surface area contributed by atoms with Gasteiger partial charge in [0.05, 0.1) is 11.8 Å². The minimum absolute atomic E-state index is 0. The Balaban J connectivity index is 0.00000361. The normalized spacial score (nSPS) is 12.3. The summed E-state index contributed by atoms with van der Waals surface area (Å²) in [5, 5.41) is 16.9. The van der Waals surface area contributed by atoms with E-state index in [4.69, 9.17) is 4.74 Å². The molecule has 1 atom stereocenters. The van der Waals surface area contributed by atoms with Crippen LogP contribution < -0.4 is 20.1 Å². The molecule has 0 radical (unpaired) electrons. The number of aliphatic hydroxyl groups is 1. The fourth-order valence-corrected chi connectivity index (χ4v) is 4.07. The molecule has 11 heteroatoms. The van der Waals surface area contributed by atoms with Gasteiger partial charge in [0.25, 0.3) is 5.91 Å². The lowest BCUT2D eigenvalue weighted by atomic mass is 10.0. The number of amides is 1. The molecule has 38 heavy (non-hydrogen) atoms. The van der Waals surface area contributed by atoms with Crippen LogP contribution in [0.3, 0.4) is 0 Å². The number of sulfonamides is 1. The molecule has 0 saturated heterocycles. The van der Waals surface area contributed by atoms with Crippen LogP contribution >= 0.6 is 24.8 Å². The molecule has 8 nitrogen and oxygen atoms in total. The van der Waals surface area contributed by atoms with Gasteiger partial charge in [-0.1, -0.05) is 55.5 Å². The van der Waals surface area contributed by atoms with Crippen molar-refractivity contribution in [2.75, 3.05) is 31.3 Å². The molecule has 0 aliphatic carbocycles. The first kappa shape index (κ1) is 33.2. The van der Waals surface area contributed by atoms with Gasteiger partial charge in [-0.05, 0) is 54.3 Å². The minimum atomic E-state index is -3.67. The molecule has 4 N–H and O–H groups in total. The summed E-state index contributed by atoms with van der Waals surface area (Å²) in [4.78, 5) is 12.4. The van der Waals surface area contributed by atoms with E-state index in [1.165, 1.54) is 0 Å². The van der Waals surface area contributed by atoms with E-state index in [2.05, 4.69) is 10.6 Å². The summed E-state index contributed by atoms with van der Waals surface area (Å²) in [6.07, 6.45) is 1.79. The van der Waals surface area contributed by atoms with E-state index in [1.54, 1.807) is 19.1 Å². The molecule has 208 valence electrons. The second kappa shape index (κ2) is 14.9. The highest BCUT2D eigenvalue weighted by atomic mass is 35.5. The molecule has 0 saturated carbocycles. The Kier molecular flexibility index (Phi) is 13.1. The maximum absolute atomic E-state index is 12.4. The van der Waals surface area contributed by atoms with Crippen LogP contribution in [0, 0.1) is 0 Å². The Morgan fingerprint density at radius 3 is 2.18 bits per heavy atom. The van der Waals surface area contributed by atoms with Crippen LogP contribution in [0.25, 0.3) is 11.1 Å². The molecule has 3 aromatic carbocycles. The molecule has 3 aromatic rings. The number of hydrogen-bond acceptors (Lipinski definition) is 7. The van der Waals surface area contributed by atoms with Gasteiger partial charge < -0.3 is 15.2 Å². The van der Waals surface area contributed by atoms with Crippen molar-refractivity contribution >= 4 is 46.4 Å². The third-order valence-electron chi connectivity index (χ3n) is 5.47. The smallest absolute Gasteiger partial charge is 0.266 e. The fourth-order valence-electron chi connectivity index (χ4n) is 3.62. The third kappa shape index (κ3) is 9.81. The summed E-state index contributed by atoms with van der Waals surface area (Å²) in [6, 6.07) is 22.1. The van der Waals surface area contributed by atoms with Crippen molar-refractivity contribution in [3.63, 3.8) is 0 Å². The van der Waals surface area contributed by atoms with Crippen LogP contribution in [0.2, 0.25) is 0 Å². The first-order chi connectivity index (χ1) is 17.1. The van der Waals surface area contributed by atoms with Gasteiger partial charge in [-0.3, -0.25) is 10.1 Å². The maximum atomic E-state index is 12.4. The Hall–Kier alpha value is -2.82. The first-order valence-corrected chi connectivity index (χ1v) is 13.6. The quantitative estimate of drug-likeness (QED) is 0.182. The number of halogens is 2. The van der Waals surface area contributed by atoms with Crippen LogP contribution in [0.1, 0.15) is 36.2 Å². The van der Waals surface area contributed by atoms with Gasteiger partial charge in [-0.2, -0.15) is 0 Å². The zero-order chi connectivity index (χ0) is 26.2. The van der Waals surface area contributed by atoms with Crippen molar-refractivity contribution in [1.29, 1.82) is 0 Å². The van der Waals surface area contributed by atoms with Gasteiger partial charge in [-0.25, -0.2) is 13.1 Å². The van der Waals surface area contributed by atoms with Gasteiger partial charge in [-0.15, -0.1) is 24.8 Å². The molecular weight excluding hydrogens is 549 g/mol. The second-order valence-corrected chi connectivity index (χ2v) is 10.4. The summed E-state index contributed by atoms with van der Waals surface area (Å²) in [5.74, 6) is 0.0136. The molecule has 0 unspecified atom stereocenters. The SMILES string of the molecule is CCCNc1cc(-c2ccc(OCCN[C@@](C)(O)c3ccccc3)cc2)ccc1C(=O)NS(C)(=O)=O.Cl.Cl. The van der Waals surface area contributed by atoms with E-state index in [0.29, 0.717) is 31.1 Å². The number of rotatable bonds is 12. The lowest BCUT2D eigenvalue weighted by molar-refractivity contribution is 0.0169. The number of carbonyl (C=O) groups excluding carboxylic acids is 1. The van der Waals surface area contributed by atoms with Crippen molar-refractivity contribution < 1.29 is 23.1 Å². The zero-order valence-electron chi connectivity index (χ0n) is 21.6. The molecule has 1 amide bonds. The third-order valence-corrected chi connectivity index (χ3v) is 6.03. The number of carbonyl (C=O) groups is 1. The highest BCUT2D eigenvalue weighted by Gasteiger charge is 2.21. The predicted octanol–water partition coefficient (Wildman–Crippen LogP) is 4.54. The summed E-state index contributed by atoms with van der Waals surface area (Å²) >= 11 is 0. The van der Waals surface area contributed by atoms with E-state index in [0.717, 1.165) is 29.4 Å². The summed E-state index contributed by atoms with van der Waals surface area (Å²) in [7, 11) is -3.67. The molecule has 0 heterocycles. The highest BCUT2D eigenvalue weighted by Crippen LogP contribution is 2.28. The molecular formula is C27H35Cl2N3O5S. The van der Waals surface area contributed by atoms with Crippen molar-refractivity contribution in [3.05, 3.63) is 83.9 Å². The Morgan fingerprint density at radius 2 is 1.58 bits per heavy atom. The summed E-state index contributed by atoms with van der Waals surface area (Å²) < 4.78 is 30.8. The van der Waals surface area contributed by atoms with Crippen LogP contribution in [0.15, 0.2) is 72.8 Å². The molecule has 3 rings (SSSR count).